The van der Waals surface area contributed by atoms with Crippen LogP contribution in [0.25, 0.3) is 0 Å². The van der Waals surface area contributed by atoms with Gasteiger partial charge in [-0.25, -0.2) is 13.2 Å². The van der Waals surface area contributed by atoms with E-state index in [0.717, 1.165) is 5.57 Å². The quantitative estimate of drug-likeness (QED) is 0.481. The fourth-order valence-corrected chi connectivity index (χ4v) is 4.13. The summed E-state index contributed by atoms with van der Waals surface area (Å²) in [7, 11) is -13.1. The highest BCUT2D eigenvalue weighted by Gasteiger charge is 2.34. The molecule has 102 valence electrons. The van der Waals surface area contributed by atoms with E-state index in [1.54, 1.807) is 19.9 Å². The summed E-state index contributed by atoms with van der Waals surface area (Å²) in [5, 5.41) is 0. The van der Waals surface area contributed by atoms with Crippen molar-refractivity contribution in [1.29, 1.82) is 0 Å². The molecule has 0 amide bonds. The predicted octanol–water partition coefficient (Wildman–Crippen LogP) is 2.04. The average molecular weight is 308 g/mol. The standard InChI is InChI=1S/C6H15O8P3/c1-6(2)4-3-5-16(9,10)14-17(11,12)13-15(7)8/h4,15H,3,5H2,1-2H3,(H,7,8)(H,9,10)(H,11,12). The van der Waals surface area contributed by atoms with E-state index in [4.69, 9.17) is 9.79 Å². The molecule has 0 aliphatic carbocycles. The first-order valence-corrected chi connectivity index (χ1v) is 8.98. The van der Waals surface area contributed by atoms with E-state index < -0.39 is 29.8 Å². The van der Waals surface area contributed by atoms with E-state index in [1.807, 2.05) is 0 Å². The van der Waals surface area contributed by atoms with Crippen LogP contribution in [-0.2, 0) is 22.3 Å². The van der Waals surface area contributed by atoms with Gasteiger partial charge in [0.15, 0.2) is 0 Å². The van der Waals surface area contributed by atoms with Crippen LogP contribution in [0.1, 0.15) is 20.3 Å². The Morgan fingerprint density at radius 1 is 1.35 bits per heavy atom. The van der Waals surface area contributed by atoms with Crippen molar-refractivity contribution in [3.63, 3.8) is 0 Å². The fourth-order valence-electron chi connectivity index (χ4n) is 0.834. The number of rotatable bonds is 7. The molecule has 0 aromatic carbocycles. The first-order chi connectivity index (χ1) is 7.54. The molecule has 0 bridgehead atoms. The summed E-state index contributed by atoms with van der Waals surface area (Å²) >= 11 is 0. The maximum atomic E-state index is 11.3. The normalized spacial score (nSPS) is 20.1. The lowest BCUT2D eigenvalue weighted by Gasteiger charge is -2.14. The molecule has 11 heteroatoms. The predicted molar refractivity (Wildman–Crippen MR) is 62.0 cm³/mol. The van der Waals surface area contributed by atoms with Crippen LogP contribution in [0, 0.1) is 0 Å². The van der Waals surface area contributed by atoms with Crippen molar-refractivity contribution in [2.75, 3.05) is 6.16 Å². The second kappa shape index (κ2) is 6.98. The van der Waals surface area contributed by atoms with Crippen molar-refractivity contribution in [3.05, 3.63) is 11.6 Å². The van der Waals surface area contributed by atoms with Gasteiger partial charge >= 0.3 is 23.7 Å². The van der Waals surface area contributed by atoms with Crippen LogP contribution in [0.4, 0.5) is 0 Å². The molecular formula is C6H15O8P3. The van der Waals surface area contributed by atoms with Crippen molar-refractivity contribution in [2.24, 2.45) is 0 Å². The van der Waals surface area contributed by atoms with E-state index in [0.29, 0.717) is 0 Å². The number of hydrogen-bond acceptors (Lipinski definition) is 5. The van der Waals surface area contributed by atoms with Gasteiger partial charge in [0, 0.05) is 0 Å². The topological polar surface area (TPSA) is 130 Å². The molecule has 3 unspecified atom stereocenters. The Labute approximate surface area is 99.4 Å². The molecule has 0 aliphatic heterocycles. The van der Waals surface area contributed by atoms with E-state index in [9.17, 15) is 18.6 Å². The molecule has 0 aromatic rings. The number of allylic oxidation sites excluding steroid dienone is 2. The summed E-state index contributed by atoms with van der Waals surface area (Å²) in [6.07, 6.45) is 1.42. The maximum Gasteiger partial charge on any atom is 0.486 e. The first-order valence-electron chi connectivity index (χ1n) is 4.46. The van der Waals surface area contributed by atoms with Crippen LogP contribution in [0.3, 0.4) is 0 Å². The zero-order chi connectivity index (χ0) is 13.7. The summed E-state index contributed by atoms with van der Waals surface area (Å²) < 4.78 is 40.1. The Bertz CT molecular complexity index is 398. The highest BCUT2D eigenvalue weighted by Crippen LogP contribution is 2.62. The van der Waals surface area contributed by atoms with Gasteiger partial charge in [-0.2, -0.15) is 0 Å². The second-order valence-electron chi connectivity index (χ2n) is 3.34. The first kappa shape index (κ1) is 17.2. The third-order valence-electron chi connectivity index (χ3n) is 1.39. The van der Waals surface area contributed by atoms with Crippen LogP contribution < -0.4 is 0 Å². The summed E-state index contributed by atoms with van der Waals surface area (Å²) in [6.45, 7) is 3.56. The molecule has 0 heterocycles. The molecule has 0 saturated heterocycles. The molecule has 3 N–H and O–H groups in total. The smallest absolute Gasteiger partial charge is 0.326 e. The van der Waals surface area contributed by atoms with E-state index in [-0.39, 0.29) is 6.42 Å². The Balaban J connectivity index is 4.44. The van der Waals surface area contributed by atoms with Gasteiger partial charge in [-0.15, -0.1) is 0 Å². The van der Waals surface area contributed by atoms with Crippen molar-refractivity contribution in [1.82, 2.24) is 0 Å². The molecule has 0 radical (unpaired) electrons. The summed E-state index contributed by atoms with van der Waals surface area (Å²) in [5.74, 6) is 0. The largest absolute Gasteiger partial charge is 0.486 e. The van der Waals surface area contributed by atoms with Gasteiger partial charge in [-0.3, -0.25) is 9.13 Å². The highest BCUT2D eigenvalue weighted by molar-refractivity contribution is 7.66. The lowest BCUT2D eigenvalue weighted by atomic mass is 10.3. The Morgan fingerprint density at radius 2 is 1.88 bits per heavy atom. The Morgan fingerprint density at radius 3 is 2.29 bits per heavy atom. The zero-order valence-electron chi connectivity index (χ0n) is 9.27. The maximum absolute atomic E-state index is 11.3. The minimum atomic E-state index is -4.99. The van der Waals surface area contributed by atoms with Crippen LogP contribution >= 0.6 is 23.7 Å². The van der Waals surface area contributed by atoms with Gasteiger partial charge in [0.05, 0.1) is 6.16 Å². The molecule has 3 atom stereocenters. The molecule has 0 spiro atoms. The van der Waals surface area contributed by atoms with E-state index in [1.165, 1.54) is 0 Å². The van der Waals surface area contributed by atoms with E-state index in [2.05, 4.69) is 8.62 Å². The van der Waals surface area contributed by atoms with Crippen molar-refractivity contribution >= 4 is 23.7 Å². The Hall–Kier alpha value is 0.230. The highest BCUT2D eigenvalue weighted by atomic mass is 31.3. The molecule has 17 heavy (non-hydrogen) atoms. The van der Waals surface area contributed by atoms with Crippen LogP contribution in [0.2, 0.25) is 0 Å². The average Bonchev–Trinajstić information content (AvgIpc) is 1.95. The van der Waals surface area contributed by atoms with Crippen molar-refractivity contribution < 1.29 is 37.0 Å². The van der Waals surface area contributed by atoms with Crippen LogP contribution in [0.15, 0.2) is 11.6 Å². The SMILES string of the molecule is CC(C)=CCCP(=O)(O)OP(=O)(O)O[PH](=O)O. The minimum Gasteiger partial charge on any atom is -0.326 e. The minimum absolute atomic E-state index is 0.171. The van der Waals surface area contributed by atoms with Gasteiger partial charge in [-0.1, -0.05) is 11.6 Å². The summed E-state index contributed by atoms with van der Waals surface area (Å²) in [5.41, 5.74) is 0.911. The van der Waals surface area contributed by atoms with Gasteiger partial charge < -0.3 is 14.7 Å². The molecule has 0 aromatic heterocycles. The molecule has 8 nitrogen and oxygen atoms in total. The molecular weight excluding hydrogens is 293 g/mol. The van der Waals surface area contributed by atoms with Crippen LogP contribution in [0.5, 0.6) is 0 Å². The van der Waals surface area contributed by atoms with Gasteiger partial charge in [0.25, 0.3) is 0 Å². The lowest BCUT2D eigenvalue weighted by Crippen LogP contribution is -1.94. The molecule has 0 aliphatic rings. The van der Waals surface area contributed by atoms with Crippen LogP contribution in [-0.4, -0.2) is 20.8 Å². The summed E-state index contributed by atoms with van der Waals surface area (Å²) in [6, 6.07) is 0. The number of hydrogen-bond donors (Lipinski definition) is 3. The van der Waals surface area contributed by atoms with Crippen molar-refractivity contribution in [2.45, 2.75) is 20.3 Å². The third-order valence-corrected chi connectivity index (χ3v) is 5.61. The number of phosphoric acid groups is 1. The zero-order valence-corrected chi connectivity index (χ0v) is 12.1. The van der Waals surface area contributed by atoms with Crippen molar-refractivity contribution in [3.8, 4) is 0 Å². The van der Waals surface area contributed by atoms with Gasteiger partial charge in [0.1, 0.15) is 0 Å². The third kappa shape index (κ3) is 9.89. The van der Waals surface area contributed by atoms with Gasteiger partial charge in [0.2, 0.25) is 0 Å². The fraction of sp³-hybridized carbons (Fsp3) is 0.667. The lowest BCUT2D eigenvalue weighted by molar-refractivity contribution is 0.263. The monoisotopic (exact) mass is 308 g/mol. The summed E-state index contributed by atoms with van der Waals surface area (Å²) in [4.78, 5) is 26.3. The molecule has 0 saturated carbocycles. The second-order valence-corrected chi connectivity index (χ2v) is 7.91. The molecule has 0 rings (SSSR count). The molecule has 0 fully saturated rings. The Kier molecular flexibility index (Phi) is 7.07. The van der Waals surface area contributed by atoms with Gasteiger partial charge in [-0.05, 0) is 20.3 Å². The van der Waals surface area contributed by atoms with E-state index >= 15 is 0 Å².